The van der Waals surface area contributed by atoms with Gasteiger partial charge in [0.05, 0.1) is 17.5 Å². The van der Waals surface area contributed by atoms with Gasteiger partial charge in [0.1, 0.15) is 0 Å². The van der Waals surface area contributed by atoms with Crippen LogP contribution >= 0.6 is 11.8 Å². The minimum atomic E-state index is -2.95. The zero-order valence-corrected chi connectivity index (χ0v) is 12.1. The summed E-state index contributed by atoms with van der Waals surface area (Å²) in [6.07, 6.45) is 3.59. The molecule has 0 bridgehead atoms. The summed E-state index contributed by atoms with van der Waals surface area (Å²) in [7, 11) is -2.95. The number of fused-ring (bicyclic) bond motifs is 1. The molecule has 1 aliphatic carbocycles. The summed E-state index contributed by atoms with van der Waals surface area (Å²) in [5.74, 6) is 0.393. The predicted octanol–water partition coefficient (Wildman–Crippen LogP) is 0.679. The molecule has 0 aromatic carbocycles. The first-order chi connectivity index (χ1) is 9.00. The van der Waals surface area contributed by atoms with Gasteiger partial charge in [-0.1, -0.05) is 17.8 Å². The van der Waals surface area contributed by atoms with Crippen molar-refractivity contribution in [1.82, 2.24) is 4.90 Å². The largest absolute Gasteiger partial charge is 0.342 e. The first-order valence-corrected chi connectivity index (χ1v) is 9.07. The number of nitrogens with zero attached hydrogens (tertiary/aromatic N) is 2. The molecule has 0 aromatic heterocycles. The Hall–Kier alpha value is -0.820. The normalized spacial score (nSPS) is 34.5. The lowest BCUT2D eigenvalue weighted by molar-refractivity contribution is -0.118. The fourth-order valence-corrected chi connectivity index (χ4v) is 6.47. The minimum absolute atomic E-state index is 0.00991. The van der Waals surface area contributed by atoms with Gasteiger partial charge in [0, 0.05) is 17.7 Å². The molecule has 0 N–H and O–H groups in total. The molecule has 2 aliphatic heterocycles. The highest BCUT2D eigenvalue weighted by Gasteiger charge is 2.48. The van der Waals surface area contributed by atoms with Crippen molar-refractivity contribution >= 4 is 32.7 Å². The molecule has 104 valence electrons. The summed E-state index contributed by atoms with van der Waals surface area (Å²) >= 11 is 1.43. The maximum atomic E-state index is 11.8. The molecule has 7 heteroatoms. The van der Waals surface area contributed by atoms with Crippen LogP contribution in [0.4, 0.5) is 0 Å². The zero-order valence-electron chi connectivity index (χ0n) is 10.5. The Morgan fingerprint density at radius 3 is 2.84 bits per heavy atom. The second-order valence-corrected chi connectivity index (χ2v) is 8.61. The molecule has 0 spiro atoms. The van der Waals surface area contributed by atoms with E-state index in [1.807, 2.05) is 4.90 Å². The van der Waals surface area contributed by atoms with Gasteiger partial charge < -0.3 is 4.90 Å². The van der Waals surface area contributed by atoms with Crippen molar-refractivity contribution in [3.63, 3.8) is 0 Å². The molecule has 1 amide bonds. The second kappa shape index (κ2) is 4.63. The van der Waals surface area contributed by atoms with Crippen LogP contribution < -0.4 is 0 Å². The Balaban J connectivity index is 1.83. The van der Waals surface area contributed by atoms with E-state index in [1.54, 1.807) is 6.08 Å². The zero-order chi connectivity index (χ0) is 13.6. The average molecular weight is 300 g/mol. The molecule has 3 rings (SSSR count). The Morgan fingerprint density at radius 2 is 2.21 bits per heavy atom. The summed E-state index contributed by atoms with van der Waals surface area (Å²) in [5, 5.41) is 0.692. The van der Waals surface area contributed by atoms with E-state index in [4.69, 9.17) is 0 Å². The molecule has 3 fully saturated rings. The van der Waals surface area contributed by atoms with Gasteiger partial charge in [-0.15, -0.1) is 6.58 Å². The van der Waals surface area contributed by atoms with Crippen molar-refractivity contribution in [2.24, 2.45) is 10.9 Å². The molecule has 2 atom stereocenters. The Labute approximate surface area is 117 Å². The number of thioether (sulfide) groups is 1. The highest BCUT2D eigenvalue weighted by Crippen LogP contribution is 2.39. The predicted molar refractivity (Wildman–Crippen MR) is 75.9 cm³/mol. The smallest absolute Gasteiger partial charge is 0.251 e. The summed E-state index contributed by atoms with van der Waals surface area (Å²) in [4.78, 5) is 17.9. The van der Waals surface area contributed by atoms with Gasteiger partial charge in [0.2, 0.25) is 0 Å². The standard InChI is InChI=1S/C12H16N2O3S2/c1-2-5-14-9-6-19(16,17)7-10(9)18-12(14)13-11(15)8-3-4-8/h2,8-10H,1,3-7H2/t9-,10+/m1/s1. The fourth-order valence-electron chi connectivity index (χ4n) is 2.50. The Kier molecular flexibility index (Phi) is 3.21. The van der Waals surface area contributed by atoms with Crippen molar-refractivity contribution in [3.05, 3.63) is 12.7 Å². The van der Waals surface area contributed by atoms with Crippen LogP contribution in [0.25, 0.3) is 0 Å². The summed E-state index contributed by atoms with van der Waals surface area (Å²) in [6, 6.07) is -0.0567. The van der Waals surface area contributed by atoms with E-state index in [2.05, 4.69) is 11.6 Å². The third-order valence-electron chi connectivity index (χ3n) is 3.63. The molecule has 3 aliphatic rings. The third-order valence-corrected chi connectivity index (χ3v) is 6.88. The van der Waals surface area contributed by atoms with Crippen molar-refractivity contribution in [1.29, 1.82) is 0 Å². The van der Waals surface area contributed by atoms with Crippen LogP contribution in [0, 0.1) is 5.92 Å². The minimum Gasteiger partial charge on any atom is -0.342 e. The number of sulfone groups is 1. The summed E-state index contributed by atoms with van der Waals surface area (Å²) in [6.45, 7) is 4.24. The van der Waals surface area contributed by atoms with Crippen molar-refractivity contribution < 1.29 is 13.2 Å². The number of amides is 1. The summed E-state index contributed by atoms with van der Waals surface area (Å²) in [5.41, 5.74) is 0. The lowest BCUT2D eigenvalue weighted by atomic mass is 10.2. The van der Waals surface area contributed by atoms with Crippen LogP contribution in [0.1, 0.15) is 12.8 Å². The maximum absolute atomic E-state index is 11.8. The van der Waals surface area contributed by atoms with E-state index >= 15 is 0 Å². The first kappa shape index (κ1) is 13.2. The number of hydrogen-bond donors (Lipinski definition) is 0. The van der Waals surface area contributed by atoms with Crippen LogP contribution in [0.5, 0.6) is 0 Å². The molecular formula is C12H16N2O3S2. The van der Waals surface area contributed by atoms with E-state index in [0.717, 1.165) is 12.8 Å². The lowest BCUT2D eigenvalue weighted by Gasteiger charge is -2.22. The topological polar surface area (TPSA) is 66.8 Å². The van der Waals surface area contributed by atoms with Gasteiger partial charge in [-0.25, -0.2) is 8.42 Å². The number of rotatable bonds is 3. The van der Waals surface area contributed by atoms with Gasteiger partial charge in [-0.3, -0.25) is 4.79 Å². The molecule has 0 aromatic rings. The third kappa shape index (κ3) is 2.58. The van der Waals surface area contributed by atoms with Gasteiger partial charge in [0.15, 0.2) is 15.0 Å². The van der Waals surface area contributed by atoms with Gasteiger partial charge >= 0.3 is 0 Å². The molecular weight excluding hydrogens is 284 g/mol. The highest BCUT2D eigenvalue weighted by atomic mass is 32.2. The van der Waals surface area contributed by atoms with Crippen LogP contribution in [0.15, 0.2) is 17.6 Å². The van der Waals surface area contributed by atoms with E-state index < -0.39 is 9.84 Å². The maximum Gasteiger partial charge on any atom is 0.251 e. The number of hydrogen-bond acceptors (Lipinski definition) is 4. The molecule has 2 heterocycles. The van der Waals surface area contributed by atoms with E-state index in [-0.39, 0.29) is 34.6 Å². The average Bonchev–Trinajstić information content (AvgIpc) is 3.06. The molecule has 0 unspecified atom stereocenters. The molecule has 0 radical (unpaired) electrons. The van der Waals surface area contributed by atoms with Crippen LogP contribution in [0.3, 0.4) is 0 Å². The van der Waals surface area contributed by atoms with E-state index in [0.29, 0.717) is 11.7 Å². The van der Waals surface area contributed by atoms with Crippen molar-refractivity contribution in [2.75, 3.05) is 18.1 Å². The second-order valence-electron chi connectivity index (χ2n) is 5.25. The monoisotopic (exact) mass is 300 g/mol. The Morgan fingerprint density at radius 1 is 1.47 bits per heavy atom. The van der Waals surface area contributed by atoms with Crippen molar-refractivity contribution in [3.8, 4) is 0 Å². The van der Waals surface area contributed by atoms with Gasteiger partial charge in [-0.05, 0) is 12.8 Å². The summed E-state index contributed by atoms with van der Waals surface area (Å²) < 4.78 is 23.3. The van der Waals surface area contributed by atoms with E-state index in [9.17, 15) is 13.2 Å². The van der Waals surface area contributed by atoms with Gasteiger partial charge in [0.25, 0.3) is 5.91 Å². The van der Waals surface area contributed by atoms with Crippen LogP contribution in [-0.2, 0) is 14.6 Å². The first-order valence-electron chi connectivity index (χ1n) is 6.37. The van der Waals surface area contributed by atoms with E-state index in [1.165, 1.54) is 11.8 Å². The molecule has 19 heavy (non-hydrogen) atoms. The molecule has 5 nitrogen and oxygen atoms in total. The molecule has 1 saturated carbocycles. The van der Waals surface area contributed by atoms with Crippen LogP contribution in [-0.4, -0.2) is 53.7 Å². The van der Waals surface area contributed by atoms with Crippen LogP contribution in [0.2, 0.25) is 0 Å². The molecule has 2 saturated heterocycles. The SMILES string of the molecule is C=CCN1C(=NC(=O)C2CC2)S[C@H]2CS(=O)(=O)C[C@H]21. The number of carbonyl (C=O) groups excluding carboxylic acids is 1. The number of aliphatic imine (C=N–C) groups is 1. The number of carbonyl (C=O) groups is 1. The van der Waals surface area contributed by atoms with Gasteiger partial charge in [-0.2, -0.15) is 4.99 Å². The highest BCUT2D eigenvalue weighted by molar-refractivity contribution is 8.15. The fraction of sp³-hybridized carbons (Fsp3) is 0.667. The Bertz CT molecular complexity index is 551. The number of amidine groups is 1. The lowest BCUT2D eigenvalue weighted by Crippen LogP contribution is -2.37. The quantitative estimate of drug-likeness (QED) is 0.717. The van der Waals surface area contributed by atoms with Crippen molar-refractivity contribution in [2.45, 2.75) is 24.1 Å².